The second-order valence-electron chi connectivity index (χ2n) is 4.65. The average Bonchev–Trinajstić information content (AvgIpc) is 2.46. The van der Waals surface area contributed by atoms with Gasteiger partial charge in [0.25, 0.3) is 0 Å². The molecule has 0 bridgehead atoms. The first-order valence-corrected chi connectivity index (χ1v) is 8.30. The van der Waals surface area contributed by atoms with E-state index in [0.29, 0.717) is 6.61 Å². The number of hydrogen-bond donors (Lipinski definition) is 1. The lowest BCUT2D eigenvalue weighted by Crippen LogP contribution is -2.23. The van der Waals surface area contributed by atoms with Crippen molar-refractivity contribution >= 4 is 21.6 Å². The van der Waals surface area contributed by atoms with Gasteiger partial charge in [-0.25, -0.2) is 17.5 Å². The van der Waals surface area contributed by atoms with Gasteiger partial charge in [0.2, 0.25) is 10.0 Å². The van der Waals surface area contributed by atoms with Crippen LogP contribution in [0.2, 0.25) is 5.02 Å². The first-order chi connectivity index (χ1) is 10.4. The molecule has 4 nitrogen and oxygen atoms in total. The zero-order chi connectivity index (χ0) is 16.2. The molecule has 0 aliphatic heterocycles. The maximum absolute atomic E-state index is 13.0. The topological polar surface area (TPSA) is 55.4 Å². The van der Waals surface area contributed by atoms with Crippen molar-refractivity contribution < 1.29 is 17.5 Å². The van der Waals surface area contributed by atoms with E-state index in [-0.39, 0.29) is 16.5 Å². The van der Waals surface area contributed by atoms with Gasteiger partial charge in [-0.2, -0.15) is 0 Å². The lowest BCUT2D eigenvalue weighted by atomic mass is 10.1. The van der Waals surface area contributed by atoms with E-state index < -0.39 is 15.8 Å². The lowest BCUT2D eigenvalue weighted by molar-refractivity contribution is 0.185. The predicted octanol–water partition coefficient (Wildman–Crippen LogP) is 3.10. The van der Waals surface area contributed by atoms with E-state index in [1.807, 2.05) is 18.2 Å². The third-order valence-corrected chi connectivity index (χ3v) is 4.84. The number of nitrogens with one attached hydrogen (secondary N) is 1. The molecule has 0 fully saturated rings. The average molecular weight is 344 g/mol. The van der Waals surface area contributed by atoms with Crippen LogP contribution in [0.5, 0.6) is 0 Å². The van der Waals surface area contributed by atoms with E-state index in [2.05, 4.69) is 4.72 Å². The number of sulfonamides is 1. The Morgan fingerprint density at radius 2 is 1.91 bits per heavy atom. The molecule has 118 valence electrons. The normalized spacial score (nSPS) is 11.6. The molecule has 0 heterocycles. The van der Waals surface area contributed by atoms with Crippen LogP contribution in [0, 0.1) is 5.82 Å². The minimum Gasteiger partial charge on any atom is -0.380 e. The largest absolute Gasteiger partial charge is 0.380 e. The minimum absolute atomic E-state index is 0.105. The highest BCUT2D eigenvalue weighted by molar-refractivity contribution is 7.89. The second kappa shape index (κ2) is 7.19. The van der Waals surface area contributed by atoms with Gasteiger partial charge >= 0.3 is 0 Å². The van der Waals surface area contributed by atoms with Crippen molar-refractivity contribution in [2.24, 2.45) is 0 Å². The molecule has 0 aliphatic carbocycles. The highest BCUT2D eigenvalue weighted by atomic mass is 35.5. The zero-order valence-corrected chi connectivity index (χ0v) is 13.4. The fourth-order valence-corrected chi connectivity index (χ4v) is 3.49. The quantitative estimate of drug-likeness (QED) is 0.876. The molecule has 0 saturated heterocycles. The summed E-state index contributed by atoms with van der Waals surface area (Å²) < 4.78 is 44.9. The van der Waals surface area contributed by atoms with Crippen LogP contribution in [0.1, 0.15) is 11.1 Å². The van der Waals surface area contributed by atoms with Gasteiger partial charge in [0, 0.05) is 13.7 Å². The number of benzene rings is 2. The van der Waals surface area contributed by atoms with E-state index in [1.54, 1.807) is 13.2 Å². The highest BCUT2D eigenvalue weighted by Crippen LogP contribution is 2.22. The maximum Gasteiger partial charge on any atom is 0.242 e. The molecule has 0 unspecified atom stereocenters. The predicted molar refractivity (Wildman–Crippen MR) is 82.6 cm³/mol. The van der Waals surface area contributed by atoms with Crippen LogP contribution in [0.4, 0.5) is 4.39 Å². The maximum atomic E-state index is 13.0. The van der Waals surface area contributed by atoms with Crippen LogP contribution in [0.25, 0.3) is 0 Å². The van der Waals surface area contributed by atoms with Gasteiger partial charge < -0.3 is 4.74 Å². The summed E-state index contributed by atoms with van der Waals surface area (Å²) in [6.45, 7) is 0.554. The van der Waals surface area contributed by atoms with Crippen LogP contribution in [-0.2, 0) is 27.9 Å². The molecule has 7 heteroatoms. The van der Waals surface area contributed by atoms with Crippen molar-refractivity contribution in [3.8, 4) is 0 Å². The molecule has 0 radical (unpaired) electrons. The summed E-state index contributed by atoms with van der Waals surface area (Å²) in [5.74, 6) is -0.587. The van der Waals surface area contributed by atoms with Crippen molar-refractivity contribution in [3.05, 3.63) is 64.4 Å². The van der Waals surface area contributed by atoms with Crippen molar-refractivity contribution in [2.75, 3.05) is 7.11 Å². The van der Waals surface area contributed by atoms with Crippen LogP contribution < -0.4 is 4.72 Å². The summed E-state index contributed by atoms with van der Waals surface area (Å²) in [5.41, 5.74) is 1.73. The summed E-state index contributed by atoms with van der Waals surface area (Å²) in [5, 5.41) is -0.152. The van der Waals surface area contributed by atoms with Crippen molar-refractivity contribution in [2.45, 2.75) is 18.0 Å². The molecule has 0 aliphatic rings. The Hall–Kier alpha value is -1.47. The third kappa shape index (κ3) is 4.27. The number of halogens is 2. The number of rotatable bonds is 6. The Morgan fingerprint density at radius 1 is 1.18 bits per heavy atom. The Morgan fingerprint density at radius 3 is 2.59 bits per heavy atom. The third-order valence-electron chi connectivity index (χ3n) is 2.95. The standard InChI is InChI=1S/C15H15ClFNO3S/c1-21-10-12-4-2-3-11(7-12)9-18-22(19,20)15-6-5-13(17)8-14(15)16/h2-8,18H,9-10H2,1H3. The van der Waals surface area contributed by atoms with Crippen molar-refractivity contribution in [1.29, 1.82) is 0 Å². The highest BCUT2D eigenvalue weighted by Gasteiger charge is 2.18. The molecule has 22 heavy (non-hydrogen) atoms. The number of methoxy groups -OCH3 is 1. The fraction of sp³-hybridized carbons (Fsp3) is 0.200. The van der Waals surface area contributed by atoms with E-state index in [1.165, 1.54) is 0 Å². The summed E-state index contributed by atoms with van der Waals surface area (Å²) in [4.78, 5) is -0.149. The van der Waals surface area contributed by atoms with E-state index in [4.69, 9.17) is 16.3 Å². The molecule has 2 rings (SSSR count). The van der Waals surface area contributed by atoms with Gasteiger partial charge in [0.05, 0.1) is 11.6 Å². The van der Waals surface area contributed by atoms with Crippen LogP contribution in [0.15, 0.2) is 47.4 Å². The summed E-state index contributed by atoms with van der Waals surface area (Å²) in [6, 6.07) is 10.5. The van der Waals surface area contributed by atoms with E-state index >= 15 is 0 Å². The smallest absolute Gasteiger partial charge is 0.242 e. The SMILES string of the molecule is COCc1cccc(CNS(=O)(=O)c2ccc(F)cc2Cl)c1. The van der Waals surface area contributed by atoms with Crippen LogP contribution in [-0.4, -0.2) is 15.5 Å². The molecule has 0 saturated carbocycles. The Kier molecular flexibility index (Phi) is 5.52. The molecule has 2 aromatic rings. The first kappa shape index (κ1) is 16.9. The Labute approximate surface area is 133 Å². The van der Waals surface area contributed by atoms with E-state index in [0.717, 1.165) is 29.3 Å². The molecular formula is C15H15ClFNO3S. The van der Waals surface area contributed by atoms with Crippen molar-refractivity contribution in [1.82, 2.24) is 4.72 Å². The lowest BCUT2D eigenvalue weighted by Gasteiger charge is -2.09. The van der Waals surface area contributed by atoms with Crippen molar-refractivity contribution in [3.63, 3.8) is 0 Å². The van der Waals surface area contributed by atoms with Crippen LogP contribution >= 0.6 is 11.6 Å². The van der Waals surface area contributed by atoms with E-state index in [9.17, 15) is 12.8 Å². The molecular weight excluding hydrogens is 329 g/mol. The Bertz CT molecular complexity index is 765. The molecule has 1 N–H and O–H groups in total. The molecule has 0 spiro atoms. The zero-order valence-electron chi connectivity index (χ0n) is 11.8. The van der Waals surface area contributed by atoms with Crippen LogP contribution in [0.3, 0.4) is 0 Å². The molecule has 2 aromatic carbocycles. The Balaban J connectivity index is 2.14. The minimum atomic E-state index is -3.81. The van der Waals surface area contributed by atoms with Gasteiger partial charge in [-0.3, -0.25) is 0 Å². The second-order valence-corrected chi connectivity index (χ2v) is 6.79. The molecule has 0 amide bonds. The monoisotopic (exact) mass is 343 g/mol. The fourth-order valence-electron chi connectivity index (χ4n) is 1.95. The number of hydrogen-bond acceptors (Lipinski definition) is 3. The summed E-state index contributed by atoms with van der Waals surface area (Å²) >= 11 is 5.79. The molecule has 0 atom stereocenters. The van der Waals surface area contributed by atoms with Gasteiger partial charge in [-0.05, 0) is 29.3 Å². The number of ether oxygens (including phenoxy) is 1. The molecule has 0 aromatic heterocycles. The summed E-state index contributed by atoms with van der Waals surface area (Å²) in [6.07, 6.45) is 0. The van der Waals surface area contributed by atoms with Gasteiger partial charge in [0.1, 0.15) is 10.7 Å². The van der Waals surface area contributed by atoms with Gasteiger partial charge in [-0.1, -0.05) is 35.9 Å². The van der Waals surface area contributed by atoms with Gasteiger partial charge in [-0.15, -0.1) is 0 Å². The van der Waals surface area contributed by atoms with Gasteiger partial charge in [0.15, 0.2) is 0 Å². The first-order valence-electron chi connectivity index (χ1n) is 6.44. The summed E-state index contributed by atoms with van der Waals surface area (Å²) in [7, 11) is -2.22.